The van der Waals surface area contributed by atoms with Crippen molar-refractivity contribution in [1.29, 1.82) is 0 Å². The zero-order valence-corrected chi connectivity index (χ0v) is 12.6. The molecule has 112 valence electrons. The van der Waals surface area contributed by atoms with E-state index in [2.05, 4.69) is 41.7 Å². The predicted octanol–water partition coefficient (Wildman–Crippen LogP) is 3.51. The van der Waals surface area contributed by atoms with Crippen molar-refractivity contribution in [3.63, 3.8) is 0 Å². The van der Waals surface area contributed by atoms with E-state index in [1.165, 1.54) is 29.2 Å². The molecule has 0 bridgehead atoms. The molecule has 0 heterocycles. The van der Waals surface area contributed by atoms with Crippen LogP contribution in [0.2, 0.25) is 0 Å². The summed E-state index contributed by atoms with van der Waals surface area (Å²) in [6.45, 7) is 2.35. The average molecular weight is 285 g/mol. The van der Waals surface area contributed by atoms with Crippen LogP contribution in [0.15, 0.2) is 36.4 Å². The highest BCUT2D eigenvalue weighted by Gasteiger charge is 2.20. The standard InChI is InChI=1S/C18H23NO2/c1-20-9-4-10-21-17-11-14-5-2-3-6-18(14)15(12-17)13-19-16-7-8-16/h2-3,5-6,11-12,16,19H,4,7-10,13H2,1H3. The van der Waals surface area contributed by atoms with Gasteiger partial charge in [-0.15, -0.1) is 0 Å². The first-order valence-electron chi connectivity index (χ1n) is 7.73. The van der Waals surface area contributed by atoms with Crippen molar-refractivity contribution >= 4 is 10.8 Å². The van der Waals surface area contributed by atoms with Crippen molar-refractivity contribution in [2.75, 3.05) is 20.3 Å². The van der Waals surface area contributed by atoms with Gasteiger partial charge in [0.1, 0.15) is 5.75 Å². The fraction of sp³-hybridized carbons (Fsp3) is 0.444. The number of nitrogens with one attached hydrogen (secondary N) is 1. The zero-order chi connectivity index (χ0) is 14.5. The molecule has 1 N–H and O–H groups in total. The van der Waals surface area contributed by atoms with Gasteiger partial charge in [-0.3, -0.25) is 0 Å². The topological polar surface area (TPSA) is 30.5 Å². The second kappa shape index (κ2) is 6.92. The largest absolute Gasteiger partial charge is 0.493 e. The number of methoxy groups -OCH3 is 1. The van der Waals surface area contributed by atoms with Gasteiger partial charge < -0.3 is 14.8 Å². The van der Waals surface area contributed by atoms with Crippen molar-refractivity contribution in [2.24, 2.45) is 0 Å². The summed E-state index contributed by atoms with van der Waals surface area (Å²) in [7, 11) is 1.72. The molecule has 1 saturated carbocycles. The Kier molecular flexibility index (Phi) is 4.73. The van der Waals surface area contributed by atoms with Crippen LogP contribution in [0.5, 0.6) is 5.75 Å². The molecule has 0 radical (unpaired) electrons. The molecular formula is C18H23NO2. The molecule has 21 heavy (non-hydrogen) atoms. The minimum atomic E-state index is 0.696. The fourth-order valence-electron chi connectivity index (χ4n) is 2.52. The van der Waals surface area contributed by atoms with Crippen molar-refractivity contribution in [1.82, 2.24) is 5.32 Å². The van der Waals surface area contributed by atoms with E-state index in [0.717, 1.165) is 31.4 Å². The van der Waals surface area contributed by atoms with Gasteiger partial charge in [-0.1, -0.05) is 24.3 Å². The first kappa shape index (κ1) is 14.4. The smallest absolute Gasteiger partial charge is 0.120 e. The van der Waals surface area contributed by atoms with Crippen LogP contribution >= 0.6 is 0 Å². The van der Waals surface area contributed by atoms with Gasteiger partial charge in [-0.05, 0) is 41.3 Å². The van der Waals surface area contributed by atoms with Crippen molar-refractivity contribution < 1.29 is 9.47 Å². The van der Waals surface area contributed by atoms with Crippen LogP contribution in [-0.4, -0.2) is 26.4 Å². The van der Waals surface area contributed by atoms with Crippen LogP contribution in [0.1, 0.15) is 24.8 Å². The normalized spacial score (nSPS) is 14.5. The highest BCUT2D eigenvalue weighted by Crippen LogP contribution is 2.27. The van der Waals surface area contributed by atoms with E-state index in [9.17, 15) is 0 Å². The lowest BCUT2D eigenvalue weighted by molar-refractivity contribution is 0.172. The third kappa shape index (κ3) is 3.96. The van der Waals surface area contributed by atoms with Gasteiger partial charge in [0.25, 0.3) is 0 Å². The molecule has 0 spiro atoms. The Balaban J connectivity index is 1.76. The van der Waals surface area contributed by atoms with Gasteiger partial charge in [-0.2, -0.15) is 0 Å². The minimum Gasteiger partial charge on any atom is -0.493 e. The number of fused-ring (bicyclic) bond motifs is 1. The Labute approximate surface area is 126 Å². The van der Waals surface area contributed by atoms with Crippen LogP contribution < -0.4 is 10.1 Å². The molecule has 0 saturated heterocycles. The molecule has 1 fully saturated rings. The molecule has 0 amide bonds. The molecule has 0 unspecified atom stereocenters. The Morgan fingerprint density at radius 1 is 1.14 bits per heavy atom. The maximum absolute atomic E-state index is 5.87. The Bertz CT molecular complexity index is 593. The lowest BCUT2D eigenvalue weighted by Gasteiger charge is -2.12. The number of rotatable bonds is 8. The molecular weight excluding hydrogens is 262 g/mol. The first-order valence-corrected chi connectivity index (χ1v) is 7.73. The minimum absolute atomic E-state index is 0.696. The molecule has 3 nitrogen and oxygen atoms in total. The maximum Gasteiger partial charge on any atom is 0.120 e. The van der Waals surface area contributed by atoms with Crippen LogP contribution in [0, 0.1) is 0 Å². The summed E-state index contributed by atoms with van der Waals surface area (Å²) in [6.07, 6.45) is 3.54. The van der Waals surface area contributed by atoms with E-state index in [-0.39, 0.29) is 0 Å². The fourth-order valence-corrected chi connectivity index (χ4v) is 2.52. The molecule has 2 aromatic carbocycles. The molecule has 1 aliphatic carbocycles. The van der Waals surface area contributed by atoms with Crippen LogP contribution in [0.25, 0.3) is 10.8 Å². The first-order chi connectivity index (χ1) is 10.4. The molecule has 0 atom stereocenters. The van der Waals surface area contributed by atoms with E-state index < -0.39 is 0 Å². The molecule has 1 aliphatic rings. The van der Waals surface area contributed by atoms with Crippen molar-refractivity contribution in [3.05, 3.63) is 42.0 Å². The van der Waals surface area contributed by atoms with E-state index in [0.29, 0.717) is 6.61 Å². The molecule has 0 aliphatic heterocycles. The molecule has 3 rings (SSSR count). The number of ether oxygens (including phenoxy) is 2. The van der Waals surface area contributed by atoms with E-state index in [1.54, 1.807) is 7.11 Å². The van der Waals surface area contributed by atoms with E-state index >= 15 is 0 Å². The number of hydrogen-bond acceptors (Lipinski definition) is 3. The SMILES string of the molecule is COCCCOc1cc(CNC2CC2)c2ccccc2c1. The monoisotopic (exact) mass is 285 g/mol. The number of hydrogen-bond donors (Lipinski definition) is 1. The van der Waals surface area contributed by atoms with Crippen LogP contribution in [-0.2, 0) is 11.3 Å². The summed E-state index contributed by atoms with van der Waals surface area (Å²) in [5, 5.41) is 6.15. The van der Waals surface area contributed by atoms with E-state index in [1.807, 2.05) is 0 Å². The lowest BCUT2D eigenvalue weighted by Crippen LogP contribution is -2.15. The van der Waals surface area contributed by atoms with Crippen LogP contribution in [0.3, 0.4) is 0 Å². The van der Waals surface area contributed by atoms with Crippen molar-refractivity contribution in [3.8, 4) is 5.75 Å². The average Bonchev–Trinajstić information content (AvgIpc) is 3.33. The summed E-state index contributed by atoms with van der Waals surface area (Å²) >= 11 is 0. The molecule has 0 aromatic heterocycles. The molecule has 2 aromatic rings. The van der Waals surface area contributed by atoms with Gasteiger partial charge in [0.05, 0.1) is 6.61 Å². The third-order valence-electron chi connectivity index (χ3n) is 3.84. The Hall–Kier alpha value is -1.58. The van der Waals surface area contributed by atoms with Gasteiger partial charge in [-0.25, -0.2) is 0 Å². The second-order valence-corrected chi connectivity index (χ2v) is 5.65. The lowest BCUT2D eigenvalue weighted by atomic mass is 10.0. The Morgan fingerprint density at radius 2 is 2.00 bits per heavy atom. The predicted molar refractivity (Wildman–Crippen MR) is 85.8 cm³/mol. The maximum atomic E-state index is 5.87. The highest BCUT2D eigenvalue weighted by molar-refractivity contribution is 5.87. The zero-order valence-electron chi connectivity index (χ0n) is 12.6. The summed E-state index contributed by atoms with van der Waals surface area (Å²) in [4.78, 5) is 0. The second-order valence-electron chi connectivity index (χ2n) is 5.65. The van der Waals surface area contributed by atoms with Gasteiger partial charge in [0.2, 0.25) is 0 Å². The van der Waals surface area contributed by atoms with E-state index in [4.69, 9.17) is 9.47 Å². The van der Waals surface area contributed by atoms with Gasteiger partial charge >= 0.3 is 0 Å². The third-order valence-corrected chi connectivity index (χ3v) is 3.84. The summed E-state index contributed by atoms with van der Waals surface area (Å²) in [6, 6.07) is 13.5. The highest BCUT2D eigenvalue weighted by atomic mass is 16.5. The molecule has 3 heteroatoms. The van der Waals surface area contributed by atoms with Gasteiger partial charge in [0.15, 0.2) is 0 Å². The summed E-state index contributed by atoms with van der Waals surface area (Å²) in [5.41, 5.74) is 1.32. The Morgan fingerprint density at radius 3 is 2.81 bits per heavy atom. The van der Waals surface area contributed by atoms with Gasteiger partial charge in [0, 0.05) is 32.7 Å². The van der Waals surface area contributed by atoms with Crippen LogP contribution in [0.4, 0.5) is 0 Å². The number of benzene rings is 2. The van der Waals surface area contributed by atoms with Crippen molar-refractivity contribution in [2.45, 2.75) is 31.8 Å². The summed E-state index contributed by atoms with van der Waals surface area (Å²) < 4.78 is 10.9. The quantitative estimate of drug-likeness (QED) is 0.753. The summed E-state index contributed by atoms with van der Waals surface area (Å²) in [5.74, 6) is 0.956.